The van der Waals surface area contributed by atoms with E-state index in [4.69, 9.17) is 28.7 Å². The molecule has 2 aromatic carbocycles. The molecule has 9 nitrogen and oxygen atoms in total. The Morgan fingerprint density at radius 3 is 2.38 bits per heavy atom. The summed E-state index contributed by atoms with van der Waals surface area (Å²) in [6, 6.07) is 17.0. The number of hydrogen-bond donors (Lipinski definition) is 1. The van der Waals surface area contributed by atoms with Crippen LogP contribution in [-0.4, -0.2) is 68.7 Å². The van der Waals surface area contributed by atoms with E-state index in [2.05, 4.69) is 20.9 Å². The van der Waals surface area contributed by atoms with Crippen molar-refractivity contribution in [1.82, 2.24) is 14.9 Å². The number of para-hydroxylation sites is 1. The van der Waals surface area contributed by atoms with Gasteiger partial charge in [-0.3, -0.25) is 0 Å². The smallest absolute Gasteiger partial charge is 0.231 e. The molecule has 2 atom stereocenters. The summed E-state index contributed by atoms with van der Waals surface area (Å²) in [4.78, 5) is 11.2. The number of methoxy groups -OCH3 is 3. The number of aromatic nitrogens is 2. The first kappa shape index (κ1) is 27.9. The summed E-state index contributed by atoms with van der Waals surface area (Å²) in [6.45, 7) is 0.660. The second kappa shape index (κ2) is 11.5. The lowest BCUT2D eigenvalue weighted by molar-refractivity contribution is 0.00264. The van der Waals surface area contributed by atoms with Crippen molar-refractivity contribution in [2.24, 2.45) is 0 Å². The molecule has 4 aromatic rings. The molecule has 0 unspecified atom stereocenters. The minimum atomic E-state index is -1.52. The highest BCUT2D eigenvalue weighted by atomic mass is 79.9. The second-order valence-corrected chi connectivity index (χ2v) is 10.8. The van der Waals surface area contributed by atoms with Gasteiger partial charge in [0.2, 0.25) is 24.4 Å². The lowest BCUT2D eigenvalue weighted by Gasteiger charge is -2.39. The van der Waals surface area contributed by atoms with Crippen LogP contribution in [-0.2, 0) is 5.60 Å². The number of pyridine rings is 2. The molecular weight excluding hydrogens is 578 g/mol. The van der Waals surface area contributed by atoms with E-state index in [9.17, 15) is 5.11 Å². The molecule has 40 heavy (non-hydrogen) atoms. The lowest BCUT2D eigenvalue weighted by atomic mass is 9.71. The van der Waals surface area contributed by atoms with Crippen molar-refractivity contribution in [3.8, 4) is 29.1 Å². The van der Waals surface area contributed by atoms with Gasteiger partial charge in [-0.25, -0.2) is 4.98 Å². The Bertz CT molecular complexity index is 1510. The monoisotopic (exact) mass is 609 g/mol. The zero-order chi connectivity index (χ0) is 28.4. The van der Waals surface area contributed by atoms with Gasteiger partial charge in [-0.05, 0) is 56.4 Å². The number of hydrogen-bond acceptors (Lipinski definition) is 9. The van der Waals surface area contributed by atoms with Gasteiger partial charge >= 0.3 is 0 Å². The maximum absolute atomic E-state index is 13.1. The van der Waals surface area contributed by atoms with Gasteiger partial charge in [-0.2, -0.15) is 4.98 Å². The Kier molecular flexibility index (Phi) is 8.02. The predicted octanol–water partition coefficient (Wildman–Crippen LogP) is 5.12. The van der Waals surface area contributed by atoms with Crippen LogP contribution in [0, 0.1) is 0 Å². The number of rotatable bonds is 10. The van der Waals surface area contributed by atoms with Crippen molar-refractivity contribution in [3.63, 3.8) is 0 Å². The number of benzene rings is 2. The summed E-state index contributed by atoms with van der Waals surface area (Å²) >= 11 is 3.58. The van der Waals surface area contributed by atoms with E-state index in [1.807, 2.05) is 61.5 Å². The maximum Gasteiger partial charge on any atom is 0.231 e. The number of halogens is 1. The molecule has 0 saturated carbocycles. The molecule has 2 aromatic heterocycles. The highest BCUT2D eigenvalue weighted by Crippen LogP contribution is 2.52. The normalized spacial score (nSPS) is 14.7. The number of nitrogens with zero attached hydrogens (tertiary/aromatic N) is 3. The van der Waals surface area contributed by atoms with Crippen molar-refractivity contribution in [2.75, 3.05) is 48.8 Å². The minimum absolute atomic E-state index is 0.0894. The summed E-state index contributed by atoms with van der Waals surface area (Å²) in [7, 11) is 8.59. The van der Waals surface area contributed by atoms with Gasteiger partial charge in [-0.1, -0.05) is 28.1 Å². The Balaban J connectivity index is 1.85. The Hall–Kier alpha value is -3.60. The number of aliphatic hydroxyl groups is 1. The molecule has 0 aliphatic carbocycles. The topological polar surface area (TPSA) is 95.4 Å². The van der Waals surface area contributed by atoms with Gasteiger partial charge in [-0.15, -0.1) is 0 Å². The average Bonchev–Trinajstić information content (AvgIpc) is 3.45. The lowest BCUT2D eigenvalue weighted by Crippen LogP contribution is -2.38. The van der Waals surface area contributed by atoms with Crippen LogP contribution in [0.2, 0.25) is 0 Å². The van der Waals surface area contributed by atoms with Gasteiger partial charge in [0.15, 0.2) is 11.5 Å². The third-order valence-electron chi connectivity index (χ3n) is 7.13. The maximum atomic E-state index is 13.1. The van der Waals surface area contributed by atoms with Crippen LogP contribution in [0.5, 0.6) is 29.1 Å². The van der Waals surface area contributed by atoms with E-state index in [-0.39, 0.29) is 6.79 Å². The largest absolute Gasteiger partial charge is 0.481 e. The number of fused-ring (bicyclic) bond motifs is 2. The standard InChI is InChI=1S/C30H32BrN3O6/c1-34(2)12-11-30(35,19-15-25(36-3)33-26(16-19)37-4)27(21-7-6-8-24-28(21)40-17-39-24)22-14-18-13-20(31)9-10-23(18)32-29(22)38-5/h6-10,13-16,27,35H,11-12,17H2,1-5H3/t27-,30-/m1/s1. The highest BCUT2D eigenvalue weighted by molar-refractivity contribution is 9.10. The quantitative estimate of drug-likeness (QED) is 0.263. The Labute approximate surface area is 241 Å². The Morgan fingerprint density at radius 1 is 0.950 bits per heavy atom. The van der Waals surface area contributed by atoms with Crippen LogP contribution in [0.25, 0.3) is 10.9 Å². The van der Waals surface area contributed by atoms with E-state index in [1.54, 1.807) is 19.2 Å². The second-order valence-electron chi connectivity index (χ2n) is 9.86. The molecule has 10 heteroatoms. The summed E-state index contributed by atoms with van der Waals surface area (Å²) in [5.41, 5.74) is 1.23. The molecule has 0 spiro atoms. The van der Waals surface area contributed by atoms with E-state index in [0.29, 0.717) is 53.2 Å². The van der Waals surface area contributed by atoms with Crippen LogP contribution in [0.4, 0.5) is 0 Å². The van der Waals surface area contributed by atoms with Gasteiger partial charge in [0, 0.05) is 39.7 Å². The summed E-state index contributed by atoms with van der Waals surface area (Å²) < 4.78 is 29.5. The fraction of sp³-hybridized carbons (Fsp3) is 0.333. The zero-order valence-corrected chi connectivity index (χ0v) is 24.7. The fourth-order valence-corrected chi connectivity index (χ4v) is 5.55. The summed E-state index contributed by atoms with van der Waals surface area (Å²) in [5, 5.41) is 14.0. The minimum Gasteiger partial charge on any atom is -0.481 e. The molecule has 0 bridgehead atoms. The van der Waals surface area contributed by atoms with Crippen molar-refractivity contribution >= 4 is 26.8 Å². The molecule has 0 fully saturated rings. The third kappa shape index (κ3) is 5.26. The van der Waals surface area contributed by atoms with E-state index in [1.165, 1.54) is 14.2 Å². The Morgan fingerprint density at radius 2 is 1.70 bits per heavy atom. The van der Waals surface area contributed by atoms with Gasteiger partial charge in [0.05, 0.1) is 32.8 Å². The van der Waals surface area contributed by atoms with Crippen molar-refractivity contribution < 1.29 is 28.8 Å². The molecular formula is C30H32BrN3O6. The van der Waals surface area contributed by atoms with E-state index in [0.717, 1.165) is 20.9 Å². The molecule has 0 radical (unpaired) electrons. The van der Waals surface area contributed by atoms with Crippen LogP contribution >= 0.6 is 15.9 Å². The van der Waals surface area contributed by atoms with Crippen molar-refractivity contribution in [3.05, 3.63) is 75.8 Å². The summed E-state index contributed by atoms with van der Waals surface area (Å²) in [5.74, 6) is 1.51. The van der Waals surface area contributed by atoms with Gasteiger partial charge < -0.3 is 33.7 Å². The molecule has 1 N–H and O–H groups in total. The molecule has 0 saturated heterocycles. The molecule has 1 aliphatic rings. The van der Waals surface area contributed by atoms with Gasteiger partial charge in [0.1, 0.15) is 5.60 Å². The zero-order valence-electron chi connectivity index (χ0n) is 23.1. The first-order valence-electron chi connectivity index (χ1n) is 12.8. The molecule has 5 rings (SSSR count). The average molecular weight is 611 g/mol. The van der Waals surface area contributed by atoms with Gasteiger partial charge in [0.25, 0.3) is 0 Å². The number of ether oxygens (including phenoxy) is 5. The van der Waals surface area contributed by atoms with E-state index >= 15 is 0 Å². The summed E-state index contributed by atoms with van der Waals surface area (Å²) in [6.07, 6.45) is 0.338. The molecule has 3 heterocycles. The van der Waals surface area contributed by atoms with Crippen molar-refractivity contribution in [2.45, 2.75) is 17.9 Å². The molecule has 210 valence electrons. The van der Waals surface area contributed by atoms with Crippen LogP contribution in [0.15, 0.2) is 59.1 Å². The van der Waals surface area contributed by atoms with Crippen molar-refractivity contribution in [1.29, 1.82) is 0 Å². The first-order valence-corrected chi connectivity index (χ1v) is 13.6. The SMILES string of the molecule is COc1cc([C@](O)(CCN(C)C)[C@@H](c2cc3cc(Br)ccc3nc2OC)c2cccc3c2OCO3)cc(OC)n1. The van der Waals surface area contributed by atoms with Crippen LogP contribution in [0.3, 0.4) is 0 Å². The fourth-order valence-electron chi connectivity index (χ4n) is 5.17. The highest BCUT2D eigenvalue weighted by Gasteiger charge is 2.45. The molecule has 1 aliphatic heterocycles. The predicted molar refractivity (Wildman–Crippen MR) is 155 cm³/mol. The van der Waals surface area contributed by atoms with Crippen LogP contribution in [0.1, 0.15) is 29.0 Å². The molecule has 0 amide bonds. The van der Waals surface area contributed by atoms with Crippen LogP contribution < -0.4 is 23.7 Å². The third-order valence-corrected chi connectivity index (χ3v) is 7.62. The first-order chi connectivity index (χ1) is 19.3. The van der Waals surface area contributed by atoms with E-state index < -0.39 is 11.5 Å².